The second kappa shape index (κ2) is 7.20. The lowest BCUT2D eigenvalue weighted by atomic mass is 10.1. The van der Waals surface area contributed by atoms with Crippen LogP contribution >= 0.6 is 15.9 Å². The molecule has 0 atom stereocenters. The van der Waals surface area contributed by atoms with Crippen molar-refractivity contribution in [3.63, 3.8) is 0 Å². The Morgan fingerprint density at radius 3 is 2.75 bits per heavy atom. The zero-order valence-electron chi connectivity index (χ0n) is 12.2. The zero-order chi connectivity index (χ0) is 14.5. The minimum atomic E-state index is 0.0759. The molecule has 1 aliphatic heterocycles. The third-order valence-electron chi connectivity index (χ3n) is 3.66. The van der Waals surface area contributed by atoms with Gasteiger partial charge in [-0.05, 0) is 40.5 Å². The first-order valence-corrected chi connectivity index (χ1v) is 7.82. The molecule has 110 valence electrons. The van der Waals surface area contributed by atoms with Crippen molar-refractivity contribution in [3.8, 4) is 0 Å². The van der Waals surface area contributed by atoms with E-state index in [1.807, 2.05) is 32.2 Å². The Balaban J connectivity index is 1.90. The molecular weight excluding hydrogens is 318 g/mol. The van der Waals surface area contributed by atoms with Crippen LogP contribution in [0.3, 0.4) is 0 Å². The van der Waals surface area contributed by atoms with Crippen molar-refractivity contribution >= 4 is 21.8 Å². The van der Waals surface area contributed by atoms with Gasteiger partial charge in [-0.3, -0.25) is 9.69 Å². The average molecular weight is 340 g/mol. The number of hydrogen-bond donors (Lipinski definition) is 1. The molecule has 1 heterocycles. The molecule has 1 aliphatic rings. The van der Waals surface area contributed by atoms with Crippen molar-refractivity contribution in [1.29, 1.82) is 0 Å². The Morgan fingerprint density at radius 2 is 2.10 bits per heavy atom. The third kappa shape index (κ3) is 4.04. The number of amides is 1. The second-order valence-electron chi connectivity index (χ2n) is 5.30. The predicted octanol–water partition coefficient (Wildman–Crippen LogP) is 1.73. The van der Waals surface area contributed by atoms with E-state index >= 15 is 0 Å². The summed E-state index contributed by atoms with van der Waals surface area (Å²) in [5, 5.41) is 3.34. The molecule has 2 rings (SSSR count). The summed E-state index contributed by atoms with van der Waals surface area (Å²) in [7, 11) is 1.87. The van der Waals surface area contributed by atoms with Gasteiger partial charge in [-0.1, -0.05) is 6.07 Å². The fraction of sp³-hybridized carbons (Fsp3) is 0.533. The van der Waals surface area contributed by atoms with Gasteiger partial charge in [0.05, 0.1) is 5.56 Å². The van der Waals surface area contributed by atoms with Gasteiger partial charge >= 0.3 is 0 Å². The van der Waals surface area contributed by atoms with E-state index in [1.54, 1.807) is 4.90 Å². The lowest BCUT2D eigenvalue weighted by Crippen LogP contribution is -2.46. The molecule has 0 aliphatic carbocycles. The quantitative estimate of drug-likeness (QED) is 0.907. The van der Waals surface area contributed by atoms with Gasteiger partial charge in [0.15, 0.2) is 0 Å². The van der Waals surface area contributed by atoms with E-state index in [-0.39, 0.29) is 5.91 Å². The maximum atomic E-state index is 12.4. The van der Waals surface area contributed by atoms with E-state index in [9.17, 15) is 4.79 Å². The summed E-state index contributed by atoms with van der Waals surface area (Å²) in [6.07, 6.45) is 0. The molecule has 0 bridgehead atoms. The summed E-state index contributed by atoms with van der Waals surface area (Å²) >= 11 is 3.48. The number of aryl methyl sites for hydroxylation is 1. The monoisotopic (exact) mass is 339 g/mol. The van der Waals surface area contributed by atoms with Crippen molar-refractivity contribution in [1.82, 2.24) is 15.1 Å². The van der Waals surface area contributed by atoms with Gasteiger partial charge in [-0.15, -0.1) is 0 Å². The van der Waals surface area contributed by atoms with Crippen LogP contribution in [0.4, 0.5) is 0 Å². The molecule has 0 radical (unpaired) electrons. The first-order valence-electron chi connectivity index (χ1n) is 7.02. The van der Waals surface area contributed by atoms with Crippen LogP contribution in [0.2, 0.25) is 0 Å². The molecule has 1 amide bonds. The van der Waals surface area contributed by atoms with Crippen LogP contribution < -0.4 is 5.32 Å². The van der Waals surface area contributed by atoms with Crippen molar-refractivity contribution in [2.24, 2.45) is 0 Å². The van der Waals surface area contributed by atoms with Crippen molar-refractivity contribution < 1.29 is 4.79 Å². The number of likely N-dealkylation sites (N-methyl/N-ethyl adjacent to an activating group) is 1. The summed E-state index contributed by atoms with van der Waals surface area (Å²) in [6.45, 7) is 7.94. The predicted molar refractivity (Wildman–Crippen MR) is 85.1 cm³/mol. The molecule has 1 saturated heterocycles. The number of rotatable bonds is 4. The van der Waals surface area contributed by atoms with Crippen molar-refractivity contribution in [2.75, 3.05) is 46.3 Å². The fourth-order valence-corrected chi connectivity index (χ4v) is 2.99. The van der Waals surface area contributed by atoms with E-state index in [4.69, 9.17) is 0 Å². The number of hydrogen-bond acceptors (Lipinski definition) is 3. The molecule has 0 aromatic heterocycles. The number of nitrogens with zero attached hydrogens (tertiary/aromatic N) is 2. The number of halogens is 1. The molecule has 0 saturated carbocycles. The van der Waals surface area contributed by atoms with E-state index < -0.39 is 0 Å². The molecule has 4 nitrogen and oxygen atoms in total. The summed E-state index contributed by atoms with van der Waals surface area (Å²) in [6, 6.07) is 5.85. The first kappa shape index (κ1) is 15.5. The highest BCUT2D eigenvalue weighted by atomic mass is 79.9. The van der Waals surface area contributed by atoms with E-state index in [2.05, 4.69) is 26.1 Å². The summed E-state index contributed by atoms with van der Waals surface area (Å²) < 4.78 is 0.872. The van der Waals surface area contributed by atoms with E-state index in [0.29, 0.717) is 0 Å². The van der Waals surface area contributed by atoms with Crippen LogP contribution in [0.1, 0.15) is 15.9 Å². The largest absolute Gasteiger partial charge is 0.340 e. The van der Waals surface area contributed by atoms with Crippen LogP contribution in [0.25, 0.3) is 0 Å². The van der Waals surface area contributed by atoms with E-state index in [1.165, 1.54) is 0 Å². The van der Waals surface area contributed by atoms with Gasteiger partial charge in [0, 0.05) is 50.8 Å². The molecule has 5 heteroatoms. The van der Waals surface area contributed by atoms with Crippen LogP contribution in [-0.4, -0.2) is 62.0 Å². The minimum absolute atomic E-state index is 0.0759. The Labute approximate surface area is 129 Å². The molecule has 1 aromatic carbocycles. The second-order valence-corrected chi connectivity index (χ2v) is 6.16. The van der Waals surface area contributed by atoms with Crippen molar-refractivity contribution in [2.45, 2.75) is 6.92 Å². The Kier molecular flexibility index (Phi) is 5.57. The summed E-state index contributed by atoms with van der Waals surface area (Å²) in [4.78, 5) is 16.6. The number of carbonyl (C=O) groups excluding carboxylic acids is 1. The van der Waals surface area contributed by atoms with E-state index in [0.717, 1.165) is 54.9 Å². The van der Waals surface area contributed by atoms with Crippen LogP contribution in [0.15, 0.2) is 22.7 Å². The summed E-state index contributed by atoms with van der Waals surface area (Å²) in [5.74, 6) is 0.0759. The first-order chi connectivity index (χ1) is 9.58. The Hall–Kier alpha value is -0.910. The highest BCUT2D eigenvalue weighted by molar-refractivity contribution is 9.10. The van der Waals surface area contributed by atoms with Gasteiger partial charge in [0.2, 0.25) is 0 Å². The number of carbonyl (C=O) groups is 1. The number of benzene rings is 1. The zero-order valence-corrected chi connectivity index (χ0v) is 13.7. The van der Waals surface area contributed by atoms with Crippen molar-refractivity contribution in [3.05, 3.63) is 33.8 Å². The van der Waals surface area contributed by atoms with Gasteiger partial charge in [0.1, 0.15) is 0 Å². The van der Waals surface area contributed by atoms with Crippen LogP contribution in [0.5, 0.6) is 0 Å². The molecule has 20 heavy (non-hydrogen) atoms. The maximum absolute atomic E-state index is 12.4. The molecule has 1 fully saturated rings. The summed E-state index contributed by atoms with van der Waals surface area (Å²) in [5.41, 5.74) is 1.88. The van der Waals surface area contributed by atoms with Crippen LogP contribution in [0, 0.1) is 6.92 Å². The highest BCUT2D eigenvalue weighted by Gasteiger charge is 2.16. The Bertz CT molecular complexity index is 472. The third-order valence-corrected chi connectivity index (χ3v) is 4.32. The number of piperazine rings is 1. The highest BCUT2D eigenvalue weighted by Crippen LogP contribution is 2.19. The smallest absolute Gasteiger partial charge is 0.254 e. The normalized spacial score (nSPS) is 16.1. The van der Waals surface area contributed by atoms with Crippen LogP contribution in [-0.2, 0) is 0 Å². The van der Waals surface area contributed by atoms with Gasteiger partial charge in [-0.2, -0.15) is 0 Å². The minimum Gasteiger partial charge on any atom is -0.340 e. The average Bonchev–Trinajstić information content (AvgIpc) is 2.45. The lowest BCUT2D eigenvalue weighted by molar-refractivity contribution is 0.0774. The molecular formula is C15H22BrN3O. The molecule has 1 N–H and O–H groups in total. The maximum Gasteiger partial charge on any atom is 0.254 e. The molecule has 1 aromatic rings. The van der Waals surface area contributed by atoms with Gasteiger partial charge in [-0.25, -0.2) is 0 Å². The SMILES string of the molecule is Cc1ccc(C(=O)N(C)CCN2CCNCC2)c(Br)c1. The molecule has 0 spiro atoms. The Morgan fingerprint density at radius 1 is 1.40 bits per heavy atom. The topological polar surface area (TPSA) is 35.6 Å². The number of nitrogens with one attached hydrogen (secondary N) is 1. The lowest BCUT2D eigenvalue weighted by Gasteiger charge is -2.29. The fourth-order valence-electron chi connectivity index (χ4n) is 2.33. The van der Waals surface area contributed by atoms with Gasteiger partial charge in [0.25, 0.3) is 5.91 Å². The standard InChI is InChI=1S/C15H22BrN3O/c1-12-3-4-13(14(16)11-12)15(20)18(2)9-10-19-7-5-17-6-8-19/h3-4,11,17H,5-10H2,1-2H3. The van der Waals surface area contributed by atoms with Gasteiger partial charge < -0.3 is 10.2 Å². The molecule has 0 unspecified atom stereocenters.